The first-order valence-electron chi connectivity index (χ1n) is 6.91. The molecule has 0 unspecified atom stereocenters. The Morgan fingerprint density at radius 1 is 1.48 bits per heavy atom. The molecule has 0 aliphatic rings. The van der Waals surface area contributed by atoms with Gasteiger partial charge in [0, 0.05) is 12.1 Å². The summed E-state index contributed by atoms with van der Waals surface area (Å²) in [6.07, 6.45) is 3.78. The number of ether oxygens (including phenoxy) is 1. The third kappa shape index (κ3) is 3.72. The lowest BCUT2D eigenvalue weighted by Gasteiger charge is -2.01. The highest BCUT2D eigenvalue weighted by Gasteiger charge is 2.09. The van der Waals surface area contributed by atoms with Crippen molar-refractivity contribution in [1.82, 2.24) is 14.6 Å². The second-order valence-corrected chi connectivity index (χ2v) is 6.45. The minimum absolute atomic E-state index is 0.0437. The van der Waals surface area contributed by atoms with Gasteiger partial charge in [0.25, 0.3) is 5.56 Å². The van der Waals surface area contributed by atoms with Crippen molar-refractivity contribution in [2.45, 2.75) is 20.0 Å². The van der Waals surface area contributed by atoms with Crippen LogP contribution in [0.3, 0.4) is 0 Å². The van der Waals surface area contributed by atoms with Gasteiger partial charge in [0.05, 0.1) is 5.69 Å². The van der Waals surface area contributed by atoms with Crippen LogP contribution in [-0.2, 0) is 22.6 Å². The smallest absolute Gasteiger partial charge is 0.331 e. The van der Waals surface area contributed by atoms with Gasteiger partial charge < -0.3 is 4.74 Å². The number of aromatic nitrogens is 3. The molecule has 118 valence electrons. The fraction of sp³-hybridized carbons (Fsp3) is 0.200. The maximum Gasteiger partial charge on any atom is 0.331 e. The largest absolute Gasteiger partial charge is 0.456 e. The second kappa shape index (κ2) is 6.84. The molecule has 8 heteroatoms. The number of rotatable bonds is 5. The fourth-order valence-corrected chi connectivity index (χ4v) is 3.33. The van der Waals surface area contributed by atoms with Gasteiger partial charge in [-0.2, -0.15) is 21.0 Å². The number of carbonyl (C=O) groups is 1. The third-order valence-electron chi connectivity index (χ3n) is 2.96. The molecular formula is C15H13N3O3S2. The molecule has 0 radical (unpaired) electrons. The fourth-order valence-electron chi connectivity index (χ4n) is 1.84. The van der Waals surface area contributed by atoms with E-state index in [2.05, 4.69) is 10.1 Å². The lowest BCUT2D eigenvalue weighted by molar-refractivity contribution is -0.139. The number of esters is 1. The van der Waals surface area contributed by atoms with E-state index in [1.54, 1.807) is 17.4 Å². The van der Waals surface area contributed by atoms with Gasteiger partial charge in [-0.05, 0) is 34.9 Å². The molecule has 23 heavy (non-hydrogen) atoms. The van der Waals surface area contributed by atoms with Crippen LogP contribution in [0.1, 0.15) is 23.2 Å². The predicted octanol–water partition coefficient (Wildman–Crippen LogP) is 2.53. The van der Waals surface area contributed by atoms with Crippen molar-refractivity contribution in [3.05, 3.63) is 55.6 Å². The molecule has 3 heterocycles. The average molecular weight is 347 g/mol. The molecule has 0 saturated heterocycles. The van der Waals surface area contributed by atoms with E-state index in [9.17, 15) is 9.59 Å². The van der Waals surface area contributed by atoms with Crippen molar-refractivity contribution < 1.29 is 9.53 Å². The first-order chi connectivity index (χ1) is 11.2. The Hall–Kier alpha value is -2.32. The predicted molar refractivity (Wildman–Crippen MR) is 89.7 cm³/mol. The maximum absolute atomic E-state index is 12.0. The minimum atomic E-state index is -0.475. The summed E-state index contributed by atoms with van der Waals surface area (Å²) in [6, 6.07) is 3.24. The molecule has 3 aromatic rings. The first-order valence-corrected chi connectivity index (χ1v) is 8.67. The standard InChI is InChI=1S/C15H13N3O3S2/c1-2-12-17-18-13(19)7-11(16-15(18)23-12)8-21-14(20)4-3-10-5-6-22-9-10/h3-7,9H,2,8H2,1H3/b4-3+. The van der Waals surface area contributed by atoms with Gasteiger partial charge in [-0.1, -0.05) is 18.3 Å². The van der Waals surface area contributed by atoms with Gasteiger partial charge in [-0.3, -0.25) is 4.79 Å². The molecule has 0 atom stereocenters. The van der Waals surface area contributed by atoms with E-state index in [1.807, 2.05) is 23.8 Å². The zero-order valence-electron chi connectivity index (χ0n) is 12.3. The summed E-state index contributed by atoms with van der Waals surface area (Å²) in [7, 11) is 0. The van der Waals surface area contributed by atoms with E-state index < -0.39 is 5.97 Å². The number of carbonyl (C=O) groups excluding carboxylic acids is 1. The number of nitrogens with zero attached hydrogens (tertiary/aromatic N) is 3. The Morgan fingerprint density at radius 3 is 3.09 bits per heavy atom. The molecule has 0 aliphatic carbocycles. The van der Waals surface area contributed by atoms with Crippen molar-refractivity contribution in [3.8, 4) is 0 Å². The summed E-state index contributed by atoms with van der Waals surface area (Å²) in [4.78, 5) is 28.5. The Kier molecular flexibility index (Phi) is 4.63. The second-order valence-electron chi connectivity index (χ2n) is 4.63. The molecular weight excluding hydrogens is 334 g/mol. The van der Waals surface area contributed by atoms with E-state index in [-0.39, 0.29) is 12.2 Å². The van der Waals surface area contributed by atoms with Crippen molar-refractivity contribution in [2.75, 3.05) is 0 Å². The van der Waals surface area contributed by atoms with Crippen molar-refractivity contribution in [1.29, 1.82) is 0 Å². The summed E-state index contributed by atoms with van der Waals surface area (Å²) in [5.41, 5.74) is 1.09. The molecule has 6 nitrogen and oxygen atoms in total. The van der Waals surface area contributed by atoms with Gasteiger partial charge in [0.1, 0.15) is 11.6 Å². The SMILES string of the molecule is CCc1nn2c(=O)cc(COC(=O)/C=C/c3ccsc3)nc2s1. The van der Waals surface area contributed by atoms with Crippen LogP contribution in [0.2, 0.25) is 0 Å². The lowest BCUT2D eigenvalue weighted by Crippen LogP contribution is -2.16. The van der Waals surface area contributed by atoms with Crippen LogP contribution < -0.4 is 5.56 Å². The Bertz CT molecular complexity index is 910. The van der Waals surface area contributed by atoms with Crippen LogP contribution in [0, 0.1) is 0 Å². The molecule has 0 saturated carbocycles. The summed E-state index contributed by atoms with van der Waals surface area (Å²) in [5, 5.41) is 8.86. The third-order valence-corrected chi connectivity index (χ3v) is 4.71. The number of aryl methyl sites for hydroxylation is 1. The van der Waals surface area contributed by atoms with Gasteiger partial charge in [0.15, 0.2) is 0 Å². The van der Waals surface area contributed by atoms with Crippen LogP contribution in [0.4, 0.5) is 0 Å². The van der Waals surface area contributed by atoms with E-state index in [0.29, 0.717) is 10.7 Å². The highest BCUT2D eigenvalue weighted by Crippen LogP contribution is 2.12. The average Bonchev–Trinajstić information content (AvgIpc) is 3.20. The molecule has 0 bridgehead atoms. The first kappa shape index (κ1) is 15.6. The summed E-state index contributed by atoms with van der Waals surface area (Å²) in [6.45, 7) is 1.92. The van der Waals surface area contributed by atoms with Crippen LogP contribution in [0.25, 0.3) is 11.0 Å². The monoisotopic (exact) mass is 347 g/mol. The van der Waals surface area contributed by atoms with Gasteiger partial charge in [0.2, 0.25) is 4.96 Å². The zero-order chi connectivity index (χ0) is 16.2. The number of thiophene rings is 1. The minimum Gasteiger partial charge on any atom is -0.456 e. The molecule has 0 spiro atoms. The molecule has 3 rings (SSSR count). The maximum atomic E-state index is 12.0. The normalized spacial score (nSPS) is 11.3. The van der Waals surface area contributed by atoms with Crippen LogP contribution in [0.5, 0.6) is 0 Å². The zero-order valence-corrected chi connectivity index (χ0v) is 13.9. The summed E-state index contributed by atoms with van der Waals surface area (Å²) < 4.78 is 6.38. The Balaban J connectivity index is 1.69. The van der Waals surface area contributed by atoms with E-state index >= 15 is 0 Å². The van der Waals surface area contributed by atoms with E-state index in [1.165, 1.54) is 28.0 Å². The number of hydrogen-bond donors (Lipinski definition) is 0. The highest BCUT2D eigenvalue weighted by molar-refractivity contribution is 7.16. The summed E-state index contributed by atoms with van der Waals surface area (Å²) >= 11 is 2.91. The lowest BCUT2D eigenvalue weighted by atomic mass is 10.3. The summed E-state index contributed by atoms with van der Waals surface area (Å²) in [5.74, 6) is -0.475. The van der Waals surface area contributed by atoms with E-state index in [4.69, 9.17) is 4.74 Å². The molecule has 0 N–H and O–H groups in total. The molecule has 3 aromatic heterocycles. The topological polar surface area (TPSA) is 73.6 Å². The van der Waals surface area contributed by atoms with Gasteiger partial charge in [-0.15, -0.1) is 0 Å². The van der Waals surface area contributed by atoms with Gasteiger partial charge >= 0.3 is 5.97 Å². The Labute approximate surface area is 139 Å². The molecule has 0 fully saturated rings. The van der Waals surface area contributed by atoms with E-state index in [0.717, 1.165) is 17.0 Å². The highest BCUT2D eigenvalue weighted by atomic mass is 32.1. The van der Waals surface area contributed by atoms with Crippen molar-refractivity contribution in [3.63, 3.8) is 0 Å². The quantitative estimate of drug-likeness (QED) is 0.524. The van der Waals surface area contributed by atoms with Crippen LogP contribution in [-0.4, -0.2) is 20.6 Å². The molecule has 0 amide bonds. The van der Waals surface area contributed by atoms with Crippen molar-refractivity contribution >= 4 is 39.7 Å². The van der Waals surface area contributed by atoms with Gasteiger partial charge in [-0.25, -0.2) is 9.78 Å². The van der Waals surface area contributed by atoms with Crippen LogP contribution in [0.15, 0.2) is 33.8 Å². The van der Waals surface area contributed by atoms with Crippen LogP contribution >= 0.6 is 22.7 Å². The Morgan fingerprint density at radius 2 is 2.35 bits per heavy atom. The molecule has 0 aliphatic heterocycles. The number of fused-ring (bicyclic) bond motifs is 1. The number of hydrogen-bond acceptors (Lipinski definition) is 7. The van der Waals surface area contributed by atoms with Crippen molar-refractivity contribution in [2.24, 2.45) is 0 Å². The molecule has 0 aromatic carbocycles.